The Labute approximate surface area is 149 Å². The summed E-state index contributed by atoms with van der Waals surface area (Å²) in [6.45, 7) is 1.65. The standard InChI is InChI=1S/C20H18O6/c1-4-17(21)26-20-18(22)13-7-5-6-8-14(13)25-19(20)12-9-10-15(23-2)16(11-12)24-3/h5-11H,4H2,1-3H3. The fourth-order valence-corrected chi connectivity index (χ4v) is 2.57. The molecule has 6 nitrogen and oxygen atoms in total. The van der Waals surface area contributed by atoms with Gasteiger partial charge in [0, 0.05) is 12.0 Å². The van der Waals surface area contributed by atoms with Gasteiger partial charge in [-0.2, -0.15) is 0 Å². The lowest BCUT2D eigenvalue weighted by molar-refractivity contribution is -0.134. The fourth-order valence-electron chi connectivity index (χ4n) is 2.57. The molecule has 6 heteroatoms. The lowest BCUT2D eigenvalue weighted by Crippen LogP contribution is -2.15. The molecule has 0 aliphatic carbocycles. The van der Waals surface area contributed by atoms with Gasteiger partial charge in [0.25, 0.3) is 0 Å². The van der Waals surface area contributed by atoms with Crippen molar-refractivity contribution in [2.45, 2.75) is 13.3 Å². The van der Waals surface area contributed by atoms with Crippen molar-refractivity contribution in [2.24, 2.45) is 0 Å². The van der Waals surface area contributed by atoms with Crippen molar-refractivity contribution in [1.29, 1.82) is 0 Å². The Morgan fingerprint density at radius 3 is 2.46 bits per heavy atom. The third-order valence-corrected chi connectivity index (χ3v) is 3.91. The van der Waals surface area contributed by atoms with Gasteiger partial charge in [0.1, 0.15) is 5.58 Å². The molecule has 1 aromatic heterocycles. The quantitative estimate of drug-likeness (QED) is 0.649. The minimum atomic E-state index is -0.519. The van der Waals surface area contributed by atoms with Gasteiger partial charge in [0.15, 0.2) is 17.3 Å². The highest BCUT2D eigenvalue weighted by atomic mass is 16.5. The van der Waals surface area contributed by atoms with Crippen molar-refractivity contribution in [3.05, 3.63) is 52.7 Å². The van der Waals surface area contributed by atoms with E-state index in [1.165, 1.54) is 14.2 Å². The largest absolute Gasteiger partial charge is 0.493 e. The van der Waals surface area contributed by atoms with Crippen LogP contribution in [0.2, 0.25) is 0 Å². The van der Waals surface area contributed by atoms with Crippen LogP contribution in [0.3, 0.4) is 0 Å². The number of ether oxygens (including phenoxy) is 3. The molecule has 0 bridgehead atoms. The van der Waals surface area contributed by atoms with E-state index >= 15 is 0 Å². The summed E-state index contributed by atoms with van der Waals surface area (Å²) in [7, 11) is 3.04. The molecule has 0 saturated carbocycles. The molecule has 0 radical (unpaired) electrons. The summed E-state index contributed by atoms with van der Waals surface area (Å²) in [5.41, 5.74) is 0.529. The maximum absolute atomic E-state index is 12.9. The topological polar surface area (TPSA) is 75.0 Å². The van der Waals surface area contributed by atoms with E-state index in [2.05, 4.69) is 0 Å². The molecule has 0 aliphatic heterocycles. The molecule has 0 aliphatic rings. The SMILES string of the molecule is CCC(=O)Oc1c(-c2ccc(OC)c(OC)c2)oc2ccccc2c1=O. The molecule has 0 fully saturated rings. The molecule has 0 unspecified atom stereocenters. The molecule has 26 heavy (non-hydrogen) atoms. The van der Waals surface area contributed by atoms with Gasteiger partial charge in [-0.1, -0.05) is 19.1 Å². The molecular formula is C20H18O6. The number of hydrogen-bond donors (Lipinski definition) is 0. The van der Waals surface area contributed by atoms with Gasteiger partial charge in [0.05, 0.1) is 19.6 Å². The fraction of sp³-hybridized carbons (Fsp3) is 0.200. The van der Waals surface area contributed by atoms with Crippen LogP contribution in [0.4, 0.5) is 0 Å². The van der Waals surface area contributed by atoms with Crippen molar-refractivity contribution >= 4 is 16.9 Å². The van der Waals surface area contributed by atoms with E-state index in [0.29, 0.717) is 28.0 Å². The molecule has 3 rings (SSSR count). The van der Waals surface area contributed by atoms with E-state index in [1.807, 2.05) is 0 Å². The van der Waals surface area contributed by atoms with Gasteiger partial charge in [-0.05, 0) is 30.3 Å². The summed E-state index contributed by atoms with van der Waals surface area (Å²) >= 11 is 0. The Bertz CT molecular complexity index is 1020. The zero-order valence-electron chi connectivity index (χ0n) is 14.7. The average molecular weight is 354 g/mol. The van der Waals surface area contributed by atoms with E-state index < -0.39 is 11.4 Å². The van der Waals surface area contributed by atoms with Gasteiger partial charge < -0.3 is 18.6 Å². The van der Waals surface area contributed by atoms with E-state index in [1.54, 1.807) is 49.4 Å². The van der Waals surface area contributed by atoms with Crippen molar-refractivity contribution in [1.82, 2.24) is 0 Å². The summed E-state index contributed by atoms with van der Waals surface area (Å²) in [4.78, 5) is 24.7. The van der Waals surface area contributed by atoms with Gasteiger partial charge in [0.2, 0.25) is 11.2 Å². The Morgan fingerprint density at radius 1 is 1.04 bits per heavy atom. The van der Waals surface area contributed by atoms with Crippen molar-refractivity contribution in [2.75, 3.05) is 14.2 Å². The van der Waals surface area contributed by atoms with Gasteiger partial charge in [-0.3, -0.25) is 9.59 Å². The molecule has 0 spiro atoms. The van der Waals surface area contributed by atoms with E-state index in [4.69, 9.17) is 18.6 Å². The average Bonchev–Trinajstić information content (AvgIpc) is 2.69. The lowest BCUT2D eigenvalue weighted by Gasteiger charge is -2.12. The molecule has 134 valence electrons. The van der Waals surface area contributed by atoms with Crippen LogP contribution in [0.25, 0.3) is 22.3 Å². The van der Waals surface area contributed by atoms with Crippen molar-refractivity contribution in [3.63, 3.8) is 0 Å². The molecule has 0 atom stereocenters. The number of esters is 1. The van der Waals surface area contributed by atoms with Crippen LogP contribution in [-0.2, 0) is 4.79 Å². The van der Waals surface area contributed by atoms with Crippen LogP contribution in [-0.4, -0.2) is 20.2 Å². The number of benzene rings is 2. The number of carbonyl (C=O) groups excluding carboxylic acids is 1. The Kier molecular flexibility index (Phi) is 4.93. The zero-order chi connectivity index (χ0) is 18.7. The Balaban J connectivity index is 2.28. The summed E-state index contributed by atoms with van der Waals surface area (Å²) in [6.07, 6.45) is 0.137. The monoisotopic (exact) mass is 354 g/mol. The molecule has 0 N–H and O–H groups in total. The van der Waals surface area contributed by atoms with Crippen LogP contribution < -0.4 is 19.6 Å². The third-order valence-electron chi connectivity index (χ3n) is 3.91. The molecule has 3 aromatic rings. The minimum Gasteiger partial charge on any atom is -0.493 e. The number of para-hydroxylation sites is 1. The van der Waals surface area contributed by atoms with Crippen LogP contribution in [0.1, 0.15) is 13.3 Å². The van der Waals surface area contributed by atoms with E-state index in [9.17, 15) is 9.59 Å². The number of carbonyl (C=O) groups is 1. The second-order valence-corrected chi connectivity index (χ2v) is 5.48. The lowest BCUT2D eigenvalue weighted by atomic mass is 10.1. The van der Waals surface area contributed by atoms with Crippen molar-refractivity contribution < 1.29 is 23.4 Å². The predicted octanol–water partition coefficient (Wildman–Crippen LogP) is 3.79. The Hall–Kier alpha value is -3.28. The third kappa shape index (κ3) is 3.13. The molecule has 0 amide bonds. The van der Waals surface area contributed by atoms with Gasteiger partial charge >= 0.3 is 5.97 Å². The number of fused-ring (bicyclic) bond motifs is 1. The summed E-state index contributed by atoms with van der Waals surface area (Å²) in [5, 5.41) is 0.343. The molecule has 2 aromatic carbocycles. The number of rotatable bonds is 5. The number of methoxy groups -OCH3 is 2. The maximum atomic E-state index is 12.9. The minimum absolute atomic E-state index is 0.136. The van der Waals surface area contributed by atoms with Crippen LogP contribution >= 0.6 is 0 Å². The van der Waals surface area contributed by atoms with Crippen LogP contribution in [0.15, 0.2) is 51.7 Å². The summed E-state index contributed by atoms with van der Waals surface area (Å²) in [5.74, 6) is 0.508. The molecular weight excluding hydrogens is 336 g/mol. The first kappa shape index (κ1) is 17.5. The van der Waals surface area contributed by atoms with E-state index in [-0.39, 0.29) is 17.9 Å². The normalized spacial score (nSPS) is 10.6. The maximum Gasteiger partial charge on any atom is 0.311 e. The van der Waals surface area contributed by atoms with Crippen LogP contribution in [0, 0.1) is 0 Å². The number of hydrogen-bond acceptors (Lipinski definition) is 6. The highest BCUT2D eigenvalue weighted by molar-refractivity contribution is 5.84. The highest BCUT2D eigenvalue weighted by Gasteiger charge is 2.21. The molecule has 1 heterocycles. The van der Waals surface area contributed by atoms with Crippen molar-refractivity contribution in [3.8, 4) is 28.6 Å². The second-order valence-electron chi connectivity index (χ2n) is 5.48. The van der Waals surface area contributed by atoms with Gasteiger partial charge in [-0.15, -0.1) is 0 Å². The van der Waals surface area contributed by atoms with Crippen LogP contribution in [0.5, 0.6) is 17.2 Å². The van der Waals surface area contributed by atoms with E-state index in [0.717, 1.165) is 0 Å². The first-order valence-corrected chi connectivity index (χ1v) is 8.08. The highest BCUT2D eigenvalue weighted by Crippen LogP contribution is 2.36. The van der Waals surface area contributed by atoms with Gasteiger partial charge in [-0.25, -0.2) is 0 Å². The zero-order valence-corrected chi connectivity index (χ0v) is 14.7. The summed E-state index contributed by atoms with van der Waals surface area (Å²) < 4.78 is 21.7. The summed E-state index contributed by atoms with van der Waals surface area (Å²) in [6, 6.07) is 11.9. The first-order valence-electron chi connectivity index (χ1n) is 8.08. The first-order chi connectivity index (χ1) is 12.6. The smallest absolute Gasteiger partial charge is 0.311 e. The Morgan fingerprint density at radius 2 is 1.77 bits per heavy atom. The second kappa shape index (κ2) is 7.31. The predicted molar refractivity (Wildman–Crippen MR) is 97.0 cm³/mol. The molecule has 0 saturated heterocycles.